The standard InChI is InChI=1S/C17H26N2OS/c1-4-8-16-18-15(11-14-9-6-5-7-10-14)17(20)19(16)12-13(2)21-3/h5-7,9-10,13,15-16,18H,4,8,11-12H2,1-3H3. The quantitative estimate of drug-likeness (QED) is 0.840. The second kappa shape index (κ2) is 7.85. The molecular formula is C17H26N2OS. The Morgan fingerprint density at radius 3 is 2.67 bits per heavy atom. The van der Waals surface area contributed by atoms with Crippen molar-refractivity contribution in [1.29, 1.82) is 0 Å². The molecule has 1 N–H and O–H groups in total. The van der Waals surface area contributed by atoms with Gasteiger partial charge in [-0.15, -0.1) is 0 Å². The SMILES string of the molecule is CCCC1NC(Cc2ccccc2)C(=O)N1CC(C)SC. The van der Waals surface area contributed by atoms with Crippen molar-refractivity contribution >= 4 is 17.7 Å². The van der Waals surface area contributed by atoms with Crippen LogP contribution in [0.15, 0.2) is 30.3 Å². The maximum atomic E-state index is 12.7. The molecule has 1 fully saturated rings. The molecule has 0 aromatic heterocycles. The van der Waals surface area contributed by atoms with Gasteiger partial charge in [-0.2, -0.15) is 11.8 Å². The van der Waals surface area contributed by atoms with Crippen LogP contribution in [0, 0.1) is 0 Å². The number of hydrogen-bond donors (Lipinski definition) is 1. The zero-order valence-corrected chi connectivity index (χ0v) is 14.0. The van der Waals surface area contributed by atoms with Crippen LogP contribution in [0.5, 0.6) is 0 Å². The summed E-state index contributed by atoms with van der Waals surface area (Å²) >= 11 is 1.82. The number of hydrogen-bond acceptors (Lipinski definition) is 3. The first kappa shape index (κ1) is 16.4. The van der Waals surface area contributed by atoms with Gasteiger partial charge >= 0.3 is 0 Å². The fraction of sp³-hybridized carbons (Fsp3) is 0.588. The van der Waals surface area contributed by atoms with Gasteiger partial charge in [-0.1, -0.05) is 50.6 Å². The molecule has 1 aliphatic rings. The maximum Gasteiger partial charge on any atom is 0.241 e. The highest BCUT2D eigenvalue weighted by Gasteiger charge is 2.38. The van der Waals surface area contributed by atoms with Crippen molar-refractivity contribution < 1.29 is 4.79 Å². The third-order valence-electron chi connectivity index (χ3n) is 4.05. The van der Waals surface area contributed by atoms with E-state index in [2.05, 4.69) is 42.5 Å². The zero-order valence-electron chi connectivity index (χ0n) is 13.2. The molecule has 4 heteroatoms. The average molecular weight is 306 g/mol. The van der Waals surface area contributed by atoms with Crippen LogP contribution >= 0.6 is 11.8 Å². The van der Waals surface area contributed by atoms with Crippen molar-refractivity contribution in [3.8, 4) is 0 Å². The molecular weight excluding hydrogens is 280 g/mol. The van der Waals surface area contributed by atoms with Crippen LogP contribution in [0.3, 0.4) is 0 Å². The van der Waals surface area contributed by atoms with E-state index in [-0.39, 0.29) is 18.1 Å². The van der Waals surface area contributed by atoms with Crippen LogP contribution in [0.25, 0.3) is 0 Å². The fourth-order valence-corrected chi connectivity index (χ4v) is 3.13. The number of amides is 1. The van der Waals surface area contributed by atoms with Gasteiger partial charge < -0.3 is 4.90 Å². The minimum Gasteiger partial charge on any atom is -0.325 e. The van der Waals surface area contributed by atoms with Crippen molar-refractivity contribution in [2.45, 2.75) is 50.6 Å². The molecule has 3 unspecified atom stereocenters. The lowest BCUT2D eigenvalue weighted by Gasteiger charge is -2.26. The molecule has 1 saturated heterocycles. The molecule has 1 aromatic rings. The van der Waals surface area contributed by atoms with E-state index in [0.717, 1.165) is 25.8 Å². The van der Waals surface area contributed by atoms with Gasteiger partial charge in [-0.3, -0.25) is 10.1 Å². The van der Waals surface area contributed by atoms with Crippen molar-refractivity contribution in [2.75, 3.05) is 12.8 Å². The summed E-state index contributed by atoms with van der Waals surface area (Å²) in [4.78, 5) is 14.8. The van der Waals surface area contributed by atoms with Gasteiger partial charge in [0.15, 0.2) is 0 Å². The predicted octanol–water partition coefficient (Wildman–Crippen LogP) is 2.91. The third-order valence-corrected chi connectivity index (χ3v) is 5.01. The highest BCUT2D eigenvalue weighted by molar-refractivity contribution is 7.99. The molecule has 116 valence electrons. The van der Waals surface area contributed by atoms with Crippen LogP contribution < -0.4 is 5.32 Å². The van der Waals surface area contributed by atoms with Gasteiger partial charge in [0.05, 0.1) is 12.2 Å². The summed E-state index contributed by atoms with van der Waals surface area (Å²) in [5.74, 6) is 0.262. The molecule has 0 bridgehead atoms. The molecule has 0 saturated carbocycles. The first-order valence-electron chi connectivity index (χ1n) is 7.79. The Morgan fingerprint density at radius 1 is 1.33 bits per heavy atom. The predicted molar refractivity (Wildman–Crippen MR) is 90.5 cm³/mol. The topological polar surface area (TPSA) is 32.3 Å². The molecule has 0 aliphatic carbocycles. The summed E-state index contributed by atoms with van der Waals surface area (Å²) in [5, 5.41) is 4.01. The molecule has 1 aliphatic heterocycles. The van der Waals surface area contributed by atoms with Gasteiger partial charge in [0, 0.05) is 11.8 Å². The smallest absolute Gasteiger partial charge is 0.241 e. The van der Waals surface area contributed by atoms with Crippen molar-refractivity contribution in [3.05, 3.63) is 35.9 Å². The van der Waals surface area contributed by atoms with Crippen LogP contribution in [-0.2, 0) is 11.2 Å². The minimum absolute atomic E-state index is 0.0713. The number of rotatable bonds is 7. The first-order chi connectivity index (χ1) is 10.2. The summed E-state index contributed by atoms with van der Waals surface area (Å²) in [6.07, 6.45) is 5.20. The van der Waals surface area contributed by atoms with Crippen molar-refractivity contribution in [2.24, 2.45) is 0 Å². The van der Waals surface area contributed by atoms with Crippen LogP contribution in [0.4, 0.5) is 0 Å². The highest BCUT2D eigenvalue weighted by atomic mass is 32.2. The zero-order chi connectivity index (χ0) is 15.2. The minimum atomic E-state index is -0.0713. The van der Waals surface area contributed by atoms with Gasteiger partial charge in [0.1, 0.15) is 0 Å². The lowest BCUT2D eigenvalue weighted by Crippen LogP contribution is -2.40. The van der Waals surface area contributed by atoms with Gasteiger partial charge in [0.2, 0.25) is 5.91 Å². The van der Waals surface area contributed by atoms with E-state index in [4.69, 9.17) is 0 Å². The van der Waals surface area contributed by atoms with E-state index >= 15 is 0 Å². The molecule has 1 aromatic carbocycles. The Morgan fingerprint density at radius 2 is 2.05 bits per heavy atom. The fourth-order valence-electron chi connectivity index (χ4n) is 2.82. The summed E-state index contributed by atoms with van der Waals surface area (Å²) < 4.78 is 0. The largest absolute Gasteiger partial charge is 0.325 e. The van der Waals surface area contributed by atoms with E-state index in [1.807, 2.05) is 30.0 Å². The van der Waals surface area contributed by atoms with Crippen molar-refractivity contribution in [3.63, 3.8) is 0 Å². The lowest BCUT2D eigenvalue weighted by atomic mass is 10.1. The number of nitrogens with one attached hydrogen (secondary N) is 1. The number of benzene rings is 1. The third kappa shape index (κ3) is 4.24. The number of thioether (sulfide) groups is 1. The molecule has 2 rings (SSSR count). The van der Waals surface area contributed by atoms with E-state index < -0.39 is 0 Å². The Kier molecular flexibility index (Phi) is 6.12. The van der Waals surface area contributed by atoms with E-state index in [1.54, 1.807) is 0 Å². The maximum absolute atomic E-state index is 12.7. The van der Waals surface area contributed by atoms with Crippen molar-refractivity contribution in [1.82, 2.24) is 10.2 Å². The Bertz CT molecular complexity index is 451. The van der Waals surface area contributed by atoms with Gasteiger partial charge in [-0.25, -0.2) is 0 Å². The monoisotopic (exact) mass is 306 g/mol. The summed E-state index contributed by atoms with van der Waals surface area (Å²) in [7, 11) is 0. The Hall–Kier alpha value is -1.00. The van der Waals surface area contributed by atoms with Crippen LogP contribution in [0.1, 0.15) is 32.3 Å². The second-order valence-electron chi connectivity index (χ2n) is 5.75. The van der Waals surface area contributed by atoms with Gasteiger partial charge in [0.25, 0.3) is 0 Å². The summed E-state index contributed by atoms with van der Waals surface area (Å²) in [6, 6.07) is 10.2. The molecule has 21 heavy (non-hydrogen) atoms. The lowest BCUT2D eigenvalue weighted by molar-refractivity contribution is -0.130. The van der Waals surface area contributed by atoms with Crippen LogP contribution in [0.2, 0.25) is 0 Å². The second-order valence-corrected chi connectivity index (χ2v) is 7.03. The normalized spacial score (nSPS) is 23.6. The molecule has 3 nitrogen and oxygen atoms in total. The van der Waals surface area contributed by atoms with E-state index in [0.29, 0.717) is 5.25 Å². The number of carbonyl (C=O) groups excluding carboxylic acids is 1. The Labute approximate surface area is 132 Å². The first-order valence-corrected chi connectivity index (χ1v) is 9.07. The van der Waals surface area contributed by atoms with Gasteiger partial charge in [-0.05, 0) is 24.7 Å². The van der Waals surface area contributed by atoms with Crippen LogP contribution in [-0.4, -0.2) is 41.1 Å². The molecule has 1 heterocycles. The molecule has 0 radical (unpaired) electrons. The number of carbonyl (C=O) groups is 1. The Balaban J connectivity index is 2.05. The average Bonchev–Trinajstić information content (AvgIpc) is 2.77. The number of nitrogens with zero attached hydrogens (tertiary/aromatic N) is 1. The molecule has 3 atom stereocenters. The molecule has 1 amide bonds. The molecule has 0 spiro atoms. The highest BCUT2D eigenvalue weighted by Crippen LogP contribution is 2.20. The van der Waals surface area contributed by atoms with E-state index in [1.165, 1.54) is 5.56 Å². The summed E-state index contributed by atoms with van der Waals surface area (Å²) in [6.45, 7) is 5.20. The summed E-state index contributed by atoms with van der Waals surface area (Å²) in [5.41, 5.74) is 1.22. The van der Waals surface area contributed by atoms with E-state index in [9.17, 15) is 4.79 Å².